The summed E-state index contributed by atoms with van der Waals surface area (Å²) in [7, 11) is 0. The molecule has 0 radical (unpaired) electrons. The summed E-state index contributed by atoms with van der Waals surface area (Å²) >= 11 is 0. The molecule has 0 spiro atoms. The highest BCUT2D eigenvalue weighted by molar-refractivity contribution is 6.13. The summed E-state index contributed by atoms with van der Waals surface area (Å²) in [5.74, 6) is -2.71. The first-order valence-corrected chi connectivity index (χ1v) is 24.4. The fourth-order valence-electron chi connectivity index (χ4n) is 8.58. The molecule has 2 aromatic carbocycles. The Bertz CT molecular complexity index is 2580. The lowest BCUT2D eigenvalue weighted by Gasteiger charge is -2.28. The fraction of sp³-hybridized carbons (Fsp3) is 0.415. The van der Waals surface area contributed by atoms with Crippen molar-refractivity contribution in [3.63, 3.8) is 0 Å². The Morgan fingerprint density at radius 1 is 0.831 bits per heavy atom. The van der Waals surface area contributed by atoms with Crippen molar-refractivity contribution in [1.82, 2.24) is 30.3 Å². The Labute approximate surface area is 413 Å². The second kappa shape index (κ2) is 25.8. The molecule has 18 heteroatoms. The van der Waals surface area contributed by atoms with Crippen LogP contribution in [0.3, 0.4) is 0 Å². The SMILES string of the molecule is CCCN(CCC)C(=O)C1=Cc2ccc(C(=O)Nc3cnc4c(c3)CN(C(=O)CNC(=O)CCC(=O)[C@H](Cc3ccccc3)NC(=O)CCC(=O)CCCCCN3C(=O)C=CC3=O)CC4)cc2N=C(N)C1. The fourth-order valence-corrected chi connectivity index (χ4v) is 8.58. The van der Waals surface area contributed by atoms with Gasteiger partial charge < -0.3 is 31.5 Å². The number of imide groups is 1. The first-order valence-electron chi connectivity index (χ1n) is 24.4. The number of carbonyl (C=O) groups is 9. The summed E-state index contributed by atoms with van der Waals surface area (Å²) in [6.07, 6.45) is 9.79. The molecule has 0 bridgehead atoms. The Kier molecular flexibility index (Phi) is 19.2. The monoisotopic (exact) mass is 969 g/mol. The predicted octanol–water partition coefficient (Wildman–Crippen LogP) is 4.67. The first kappa shape index (κ1) is 52.7. The molecule has 71 heavy (non-hydrogen) atoms. The minimum atomic E-state index is -0.941. The van der Waals surface area contributed by atoms with Gasteiger partial charge in [-0.3, -0.25) is 53.0 Å². The van der Waals surface area contributed by atoms with E-state index in [1.165, 1.54) is 12.2 Å². The zero-order valence-corrected chi connectivity index (χ0v) is 40.5. The molecule has 0 saturated heterocycles. The molecule has 3 aromatic rings. The zero-order valence-electron chi connectivity index (χ0n) is 40.5. The molecule has 5 N–H and O–H groups in total. The van der Waals surface area contributed by atoms with Gasteiger partial charge in [0.15, 0.2) is 5.78 Å². The summed E-state index contributed by atoms with van der Waals surface area (Å²) in [6, 6.07) is 15.0. The van der Waals surface area contributed by atoms with Crippen LogP contribution in [0.2, 0.25) is 0 Å². The lowest BCUT2D eigenvalue weighted by atomic mass is 9.99. The van der Waals surface area contributed by atoms with Gasteiger partial charge in [0.25, 0.3) is 17.7 Å². The average Bonchev–Trinajstić information content (AvgIpc) is 3.57. The van der Waals surface area contributed by atoms with Crippen LogP contribution < -0.4 is 21.7 Å². The molecular weight excluding hydrogens is 907 g/mol. The molecule has 0 aliphatic carbocycles. The quantitative estimate of drug-likeness (QED) is 0.0671. The van der Waals surface area contributed by atoms with Crippen LogP contribution in [0.15, 0.2) is 83.5 Å². The van der Waals surface area contributed by atoms with Gasteiger partial charge in [0.2, 0.25) is 23.6 Å². The van der Waals surface area contributed by atoms with Gasteiger partial charge >= 0.3 is 0 Å². The van der Waals surface area contributed by atoms with Crippen molar-refractivity contribution in [2.24, 2.45) is 10.7 Å². The smallest absolute Gasteiger partial charge is 0.255 e. The van der Waals surface area contributed by atoms with Gasteiger partial charge in [-0.05, 0) is 67.5 Å². The van der Waals surface area contributed by atoms with E-state index in [-0.39, 0.29) is 106 Å². The standard InChI is InChI=1S/C53H63N9O9/c1-3-23-60(24-4-2)53(71)38-28-36-14-15-37(30-43(36)58-46(54)31-38)52(70)57-40-29-39-34-61(26-22-42(39)55-32-40)51(69)33-56-47(65)19-17-45(64)44(27-35-11-7-5-8-12-35)59-48(66)18-16-41(63)13-9-6-10-25-62-49(67)20-21-50(62)68/h5,7-8,11-12,14-15,20-21,28-30,32,44H,3-4,6,9-10,13,16-19,22-27,31,33-34H2,1-2H3,(H2,54,58)(H,56,65)(H,57,70)(H,59,66)/t44-/m0/s1. The zero-order chi connectivity index (χ0) is 50.9. The molecule has 4 heterocycles. The second-order valence-electron chi connectivity index (χ2n) is 17.9. The molecule has 6 rings (SSSR count). The number of nitrogens with one attached hydrogen (secondary N) is 3. The second-order valence-corrected chi connectivity index (χ2v) is 17.9. The molecule has 374 valence electrons. The van der Waals surface area contributed by atoms with E-state index in [0.29, 0.717) is 73.4 Å². The van der Waals surface area contributed by atoms with E-state index in [1.807, 2.05) is 49.1 Å². The number of amidine groups is 1. The minimum Gasteiger partial charge on any atom is -0.387 e. The number of fused-ring (bicyclic) bond motifs is 2. The van der Waals surface area contributed by atoms with Gasteiger partial charge in [0.05, 0.1) is 30.2 Å². The Hall–Kier alpha value is -7.63. The molecule has 0 saturated carbocycles. The Morgan fingerprint density at radius 3 is 2.30 bits per heavy atom. The summed E-state index contributed by atoms with van der Waals surface area (Å²) in [6.45, 7) is 5.88. The molecule has 18 nitrogen and oxygen atoms in total. The van der Waals surface area contributed by atoms with Gasteiger partial charge in [0.1, 0.15) is 11.6 Å². The lowest BCUT2D eigenvalue weighted by Crippen LogP contribution is -2.44. The number of unbranched alkanes of at least 4 members (excludes halogenated alkanes) is 2. The van der Waals surface area contributed by atoms with E-state index in [4.69, 9.17) is 5.73 Å². The number of carbonyl (C=O) groups excluding carboxylic acids is 9. The molecule has 3 aliphatic rings. The van der Waals surface area contributed by atoms with Crippen molar-refractivity contribution in [3.8, 4) is 0 Å². The van der Waals surface area contributed by atoms with E-state index in [9.17, 15) is 43.2 Å². The van der Waals surface area contributed by atoms with Crippen molar-refractivity contribution in [2.75, 3.05) is 38.0 Å². The summed E-state index contributed by atoms with van der Waals surface area (Å²) < 4.78 is 0. The van der Waals surface area contributed by atoms with Crippen LogP contribution >= 0.6 is 0 Å². The Morgan fingerprint density at radius 2 is 1.56 bits per heavy atom. The predicted molar refractivity (Wildman–Crippen MR) is 267 cm³/mol. The number of pyridine rings is 1. The largest absolute Gasteiger partial charge is 0.387 e. The van der Waals surface area contributed by atoms with Crippen LogP contribution in [-0.4, -0.2) is 117 Å². The van der Waals surface area contributed by atoms with Crippen molar-refractivity contribution >= 4 is 76.2 Å². The van der Waals surface area contributed by atoms with E-state index in [1.54, 1.807) is 41.4 Å². The maximum absolute atomic E-state index is 13.5. The van der Waals surface area contributed by atoms with E-state index in [2.05, 4.69) is 25.9 Å². The number of ketones is 2. The third-order valence-corrected chi connectivity index (χ3v) is 12.4. The van der Waals surface area contributed by atoms with Gasteiger partial charge in [-0.1, -0.05) is 56.7 Å². The van der Waals surface area contributed by atoms with Gasteiger partial charge in [-0.25, -0.2) is 4.99 Å². The maximum Gasteiger partial charge on any atom is 0.255 e. The van der Waals surface area contributed by atoms with Gasteiger partial charge in [0, 0.05) is 112 Å². The number of Topliss-reactive ketones (excluding diaryl/α,β-unsaturated/α-hetero) is 2. The molecule has 7 amide bonds. The maximum atomic E-state index is 13.5. The van der Waals surface area contributed by atoms with Crippen LogP contribution in [0, 0.1) is 0 Å². The number of hydrogen-bond acceptors (Lipinski definition) is 12. The number of aromatic nitrogens is 1. The molecule has 0 unspecified atom stereocenters. The van der Waals surface area contributed by atoms with Crippen molar-refractivity contribution in [3.05, 3.63) is 106 Å². The third-order valence-electron chi connectivity index (χ3n) is 12.4. The van der Waals surface area contributed by atoms with Gasteiger partial charge in [-0.2, -0.15) is 0 Å². The molecule has 1 aromatic heterocycles. The van der Waals surface area contributed by atoms with Crippen LogP contribution in [0.4, 0.5) is 11.4 Å². The number of nitrogens with two attached hydrogens (primary N) is 1. The number of rotatable bonds is 25. The lowest BCUT2D eigenvalue weighted by molar-refractivity contribution is -0.137. The van der Waals surface area contributed by atoms with Crippen LogP contribution in [0.1, 0.15) is 117 Å². The number of nitrogens with zero attached hydrogens (tertiary/aromatic N) is 5. The van der Waals surface area contributed by atoms with Crippen molar-refractivity contribution < 1.29 is 43.2 Å². The van der Waals surface area contributed by atoms with E-state index in [0.717, 1.165) is 34.6 Å². The van der Waals surface area contributed by atoms with E-state index < -0.39 is 23.8 Å². The normalized spacial score (nSPS) is 14.3. The first-order chi connectivity index (χ1) is 34.2. The van der Waals surface area contributed by atoms with Crippen molar-refractivity contribution in [1.29, 1.82) is 0 Å². The highest BCUT2D eigenvalue weighted by Gasteiger charge is 2.27. The molecule has 0 fully saturated rings. The number of aliphatic imine (C=N–C) groups is 1. The number of amides is 7. The summed E-state index contributed by atoms with van der Waals surface area (Å²) in [5.41, 5.74) is 11.0. The van der Waals surface area contributed by atoms with Crippen LogP contribution in [0.25, 0.3) is 6.08 Å². The third kappa shape index (κ3) is 15.4. The summed E-state index contributed by atoms with van der Waals surface area (Å²) in [5, 5.41) is 8.25. The van der Waals surface area contributed by atoms with Crippen molar-refractivity contribution in [2.45, 2.75) is 110 Å². The molecular formula is C53H63N9O9. The van der Waals surface area contributed by atoms with Crippen LogP contribution in [0.5, 0.6) is 0 Å². The number of hydrogen-bond donors (Lipinski definition) is 4. The van der Waals surface area contributed by atoms with E-state index >= 15 is 0 Å². The molecule has 1 atom stereocenters. The topological polar surface area (TPSA) is 251 Å². The summed E-state index contributed by atoms with van der Waals surface area (Å²) in [4.78, 5) is 129. The minimum absolute atomic E-state index is 0.00995. The number of anilines is 1. The number of benzene rings is 2. The van der Waals surface area contributed by atoms with Gasteiger partial charge in [-0.15, -0.1) is 0 Å². The van der Waals surface area contributed by atoms with Crippen LogP contribution in [-0.2, 0) is 57.7 Å². The highest BCUT2D eigenvalue weighted by atomic mass is 16.2. The highest BCUT2D eigenvalue weighted by Crippen LogP contribution is 2.29. The Balaban J connectivity index is 0.950. The molecule has 3 aliphatic heterocycles. The average molecular weight is 970 g/mol.